The minimum atomic E-state index is -0.318. The summed E-state index contributed by atoms with van der Waals surface area (Å²) in [4.78, 5) is 11.3. The smallest absolute Gasteiger partial charge is 0.265 e. The molecule has 2 aromatic rings. The maximum absolute atomic E-state index is 11.3. The monoisotopic (exact) mass is 286 g/mol. The predicted octanol–water partition coefficient (Wildman–Crippen LogP) is 1.40. The molecular formula is C16H18N2O3. The van der Waals surface area contributed by atoms with Gasteiger partial charge in [0.05, 0.1) is 0 Å². The van der Waals surface area contributed by atoms with Crippen LogP contribution in [0, 0.1) is 0 Å². The maximum atomic E-state index is 11.3. The zero-order valence-corrected chi connectivity index (χ0v) is 11.6. The summed E-state index contributed by atoms with van der Waals surface area (Å²) in [6.07, 6.45) is 0.644. The van der Waals surface area contributed by atoms with E-state index in [1.165, 1.54) is 0 Å². The molecule has 0 spiro atoms. The molecule has 0 atom stereocenters. The summed E-state index contributed by atoms with van der Waals surface area (Å²) in [6, 6.07) is 14.7. The van der Waals surface area contributed by atoms with Gasteiger partial charge in [0.1, 0.15) is 12.4 Å². The van der Waals surface area contributed by atoms with Crippen molar-refractivity contribution in [3.63, 3.8) is 0 Å². The second kappa shape index (κ2) is 7.42. The highest BCUT2D eigenvalue weighted by atomic mass is 16.5. The van der Waals surface area contributed by atoms with E-state index in [1.54, 1.807) is 12.1 Å². The summed E-state index contributed by atoms with van der Waals surface area (Å²) >= 11 is 0. The van der Waals surface area contributed by atoms with E-state index in [2.05, 4.69) is 5.43 Å². The fourth-order valence-electron chi connectivity index (χ4n) is 1.88. The molecule has 0 aliphatic rings. The molecule has 0 unspecified atom stereocenters. The van der Waals surface area contributed by atoms with Crippen LogP contribution < -0.4 is 16.0 Å². The molecule has 0 fully saturated rings. The van der Waals surface area contributed by atoms with E-state index in [-0.39, 0.29) is 12.5 Å². The molecule has 0 bridgehead atoms. The topological polar surface area (TPSA) is 84.6 Å². The number of amides is 1. The molecule has 5 nitrogen and oxygen atoms in total. The first-order chi connectivity index (χ1) is 10.2. The van der Waals surface area contributed by atoms with Crippen molar-refractivity contribution in [1.29, 1.82) is 0 Å². The molecule has 1 amide bonds. The first kappa shape index (κ1) is 15.0. The molecule has 0 saturated heterocycles. The Labute approximate surface area is 123 Å². The van der Waals surface area contributed by atoms with Crippen molar-refractivity contribution in [2.45, 2.75) is 13.0 Å². The molecular weight excluding hydrogens is 268 g/mol. The lowest BCUT2D eigenvalue weighted by atomic mass is 10.1. The molecule has 0 radical (unpaired) electrons. The number of hydrogen-bond acceptors (Lipinski definition) is 4. The van der Waals surface area contributed by atoms with Gasteiger partial charge in [0.2, 0.25) is 0 Å². The zero-order chi connectivity index (χ0) is 15.1. The first-order valence-corrected chi connectivity index (χ1v) is 6.65. The Morgan fingerprint density at radius 2 is 1.67 bits per heavy atom. The second-order valence-corrected chi connectivity index (χ2v) is 4.58. The van der Waals surface area contributed by atoms with Gasteiger partial charge >= 0.3 is 0 Å². The summed E-state index contributed by atoms with van der Waals surface area (Å²) in [6.45, 7) is 0.562. The van der Waals surface area contributed by atoms with Gasteiger partial charge in [0, 0.05) is 12.2 Å². The van der Waals surface area contributed by atoms with Crippen molar-refractivity contribution in [2.75, 3.05) is 6.61 Å². The van der Waals surface area contributed by atoms with E-state index in [0.717, 1.165) is 16.9 Å². The average Bonchev–Trinajstić information content (AvgIpc) is 2.54. The van der Waals surface area contributed by atoms with Crippen LogP contribution >= 0.6 is 0 Å². The highest BCUT2D eigenvalue weighted by Crippen LogP contribution is 2.15. The lowest BCUT2D eigenvalue weighted by Gasteiger charge is -2.08. The fourth-order valence-corrected chi connectivity index (χ4v) is 1.88. The predicted molar refractivity (Wildman–Crippen MR) is 79.7 cm³/mol. The maximum Gasteiger partial charge on any atom is 0.265 e. The van der Waals surface area contributed by atoms with Gasteiger partial charge in [-0.3, -0.25) is 10.2 Å². The van der Waals surface area contributed by atoms with Crippen molar-refractivity contribution in [2.24, 2.45) is 5.84 Å². The van der Waals surface area contributed by atoms with Gasteiger partial charge in [-0.1, -0.05) is 24.3 Å². The van der Waals surface area contributed by atoms with Gasteiger partial charge in [-0.2, -0.15) is 0 Å². The van der Waals surface area contributed by atoms with Crippen molar-refractivity contribution < 1.29 is 14.6 Å². The number of nitrogens with one attached hydrogen (secondary N) is 1. The van der Waals surface area contributed by atoms with Crippen LogP contribution in [-0.2, 0) is 13.0 Å². The Bertz CT molecular complexity index is 579. The number of ether oxygens (including phenoxy) is 1. The van der Waals surface area contributed by atoms with Gasteiger partial charge in [-0.25, -0.2) is 5.84 Å². The SMILES string of the molecule is NNC(=O)c1ccc(COc2ccc(CCO)cc2)cc1. The highest BCUT2D eigenvalue weighted by molar-refractivity contribution is 5.93. The third-order valence-corrected chi connectivity index (χ3v) is 3.08. The van der Waals surface area contributed by atoms with Crippen LogP contribution in [0.1, 0.15) is 21.5 Å². The van der Waals surface area contributed by atoms with Gasteiger partial charge in [-0.15, -0.1) is 0 Å². The third-order valence-electron chi connectivity index (χ3n) is 3.08. The van der Waals surface area contributed by atoms with Crippen LogP contribution in [0.5, 0.6) is 5.75 Å². The Balaban J connectivity index is 1.91. The summed E-state index contributed by atoms with van der Waals surface area (Å²) in [5.41, 5.74) is 4.63. The molecule has 0 aliphatic carbocycles. The Hall–Kier alpha value is -2.37. The number of benzene rings is 2. The van der Waals surface area contributed by atoms with Gasteiger partial charge < -0.3 is 9.84 Å². The lowest BCUT2D eigenvalue weighted by molar-refractivity contribution is 0.0953. The van der Waals surface area contributed by atoms with E-state index in [4.69, 9.17) is 15.7 Å². The van der Waals surface area contributed by atoms with Crippen molar-refractivity contribution in [3.8, 4) is 5.75 Å². The Morgan fingerprint density at radius 3 is 2.24 bits per heavy atom. The van der Waals surface area contributed by atoms with E-state index in [9.17, 15) is 4.79 Å². The van der Waals surface area contributed by atoms with Crippen LogP contribution in [0.15, 0.2) is 48.5 Å². The van der Waals surface area contributed by atoms with E-state index in [1.807, 2.05) is 36.4 Å². The number of carbonyl (C=O) groups excluding carboxylic acids is 1. The number of aliphatic hydroxyl groups is 1. The van der Waals surface area contributed by atoms with Crippen LogP contribution in [0.2, 0.25) is 0 Å². The largest absolute Gasteiger partial charge is 0.489 e. The number of carbonyl (C=O) groups is 1. The van der Waals surface area contributed by atoms with Crippen molar-refractivity contribution in [3.05, 3.63) is 65.2 Å². The van der Waals surface area contributed by atoms with Crippen LogP contribution in [-0.4, -0.2) is 17.6 Å². The average molecular weight is 286 g/mol. The van der Waals surface area contributed by atoms with Crippen LogP contribution in [0.3, 0.4) is 0 Å². The minimum Gasteiger partial charge on any atom is -0.489 e. The molecule has 110 valence electrons. The molecule has 2 rings (SSSR count). The summed E-state index contributed by atoms with van der Waals surface area (Å²) < 4.78 is 5.66. The third kappa shape index (κ3) is 4.30. The summed E-state index contributed by atoms with van der Waals surface area (Å²) in [5, 5.41) is 8.85. The van der Waals surface area contributed by atoms with Crippen molar-refractivity contribution in [1.82, 2.24) is 5.43 Å². The zero-order valence-electron chi connectivity index (χ0n) is 11.6. The number of nitrogen functional groups attached to an aromatic ring is 1. The van der Waals surface area contributed by atoms with Crippen molar-refractivity contribution >= 4 is 5.91 Å². The molecule has 0 aromatic heterocycles. The molecule has 21 heavy (non-hydrogen) atoms. The molecule has 0 heterocycles. The highest BCUT2D eigenvalue weighted by Gasteiger charge is 2.03. The van der Waals surface area contributed by atoms with Crippen LogP contribution in [0.4, 0.5) is 0 Å². The summed E-state index contributed by atoms with van der Waals surface area (Å²) in [7, 11) is 0. The fraction of sp³-hybridized carbons (Fsp3) is 0.188. The number of rotatable bonds is 6. The standard InChI is InChI=1S/C16H18N2O3/c17-18-16(20)14-5-1-13(2-6-14)11-21-15-7-3-12(4-8-15)9-10-19/h1-8,19H,9-11,17H2,(H,18,20). The summed E-state index contributed by atoms with van der Waals surface area (Å²) in [5.74, 6) is 5.52. The van der Waals surface area contributed by atoms with Gasteiger partial charge in [-0.05, 0) is 41.8 Å². The molecule has 2 aromatic carbocycles. The number of nitrogens with two attached hydrogens (primary N) is 1. The van der Waals surface area contributed by atoms with Gasteiger partial charge in [0.25, 0.3) is 5.91 Å². The molecule has 5 heteroatoms. The quantitative estimate of drug-likeness (QED) is 0.426. The van der Waals surface area contributed by atoms with E-state index in [0.29, 0.717) is 18.6 Å². The minimum absolute atomic E-state index is 0.142. The van der Waals surface area contributed by atoms with Gasteiger partial charge in [0.15, 0.2) is 0 Å². The Morgan fingerprint density at radius 1 is 1.05 bits per heavy atom. The number of aliphatic hydroxyl groups excluding tert-OH is 1. The van der Waals surface area contributed by atoms with E-state index < -0.39 is 0 Å². The normalized spacial score (nSPS) is 10.2. The molecule has 4 N–H and O–H groups in total. The Kier molecular flexibility index (Phi) is 5.31. The number of hydrazine groups is 1. The van der Waals surface area contributed by atoms with E-state index >= 15 is 0 Å². The number of hydrogen-bond donors (Lipinski definition) is 3. The lowest BCUT2D eigenvalue weighted by Crippen LogP contribution is -2.29. The first-order valence-electron chi connectivity index (χ1n) is 6.65. The van der Waals surface area contributed by atoms with Crippen LogP contribution in [0.25, 0.3) is 0 Å². The second-order valence-electron chi connectivity index (χ2n) is 4.58. The molecule has 0 aliphatic heterocycles. The molecule has 0 saturated carbocycles.